The average Bonchev–Trinajstić information content (AvgIpc) is 3.28. The molecule has 0 aliphatic carbocycles. The molecule has 76 heavy (non-hydrogen) atoms. The van der Waals surface area contributed by atoms with Gasteiger partial charge in [-0.25, -0.2) is 4.79 Å². The van der Waals surface area contributed by atoms with E-state index >= 15 is 0 Å². The van der Waals surface area contributed by atoms with Gasteiger partial charge < -0.3 is 80.2 Å². The molecule has 28 heteroatoms. The van der Waals surface area contributed by atoms with Crippen LogP contribution in [0, 0.1) is 6.92 Å². The van der Waals surface area contributed by atoms with Crippen LogP contribution < -0.4 is 10.4 Å². The Kier molecular flexibility index (Phi) is 20.8. The zero-order chi connectivity index (χ0) is 56.3. The Labute approximate surface area is 432 Å². The molecule has 0 N–H and O–H groups in total. The molecular formula is C48H58O28. The molecule has 5 rings (SSSR count). The third-order valence-electron chi connectivity index (χ3n) is 11.0. The van der Waals surface area contributed by atoms with Gasteiger partial charge in [-0.2, -0.15) is 0 Å². The van der Waals surface area contributed by atoms with Crippen molar-refractivity contribution in [2.24, 2.45) is 0 Å². The number of benzene rings is 1. The molecule has 0 unspecified atom stereocenters. The van der Waals surface area contributed by atoms with Crippen LogP contribution in [0.15, 0.2) is 33.5 Å². The SMILES string of the molecule is CC(=O)OC[C@H]1O[C@@H](OC[C@H]2O[C@@H](OC[C@H]3O[C@@H](Oc4ccc5c(C)cc(=O)oc5c4)[C@H](OC(C)=O)[C@@H](OC(C)=O)[C@@H]3OC(C)=O)[C@H](OC(C)=O)[C@@H](OC(C)=O)[C@@H]2OC(C)=O)[C@H](OC(C)=O)[C@@H](OC(C)=O)[C@@H]1OC(C)=O. The predicted octanol–water partition coefficient (Wildman–Crippen LogP) is 0.637. The van der Waals surface area contributed by atoms with E-state index in [0.717, 1.165) is 69.2 Å². The number of ether oxygens (including phenoxy) is 16. The summed E-state index contributed by atoms with van der Waals surface area (Å²) < 4.78 is 97.6. The average molecular weight is 1080 g/mol. The number of carbonyl (C=O) groups is 10. The first-order valence-electron chi connectivity index (χ1n) is 23.3. The lowest BCUT2D eigenvalue weighted by atomic mass is 9.96. The molecule has 0 radical (unpaired) electrons. The maximum absolute atomic E-state index is 12.8. The molecule has 418 valence electrons. The number of esters is 10. The van der Waals surface area contributed by atoms with E-state index in [0.29, 0.717) is 10.9 Å². The molecule has 3 saturated heterocycles. The second-order valence-electron chi connectivity index (χ2n) is 17.3. The zero-order valence-corrected chi connectivity index (χ0v) is 43.0. The summed E-state index contributed by atoms with van der Waals surface area (Å²) in [5.41, 5.74) is -0.0149. The molecule has 4 heterocycles. The first-order chi connectivity index (χ1) is 35.7. The molecule has 3 aliphatic rings. The summed E-state index contributed by atoms with van der Waals surface area (Å²) >= 11 is 0. The molecule has 0 amide bonds. The number of aryl methyl sites for hydroxylation is 1. The maximum Gasteiger partial charge on any atom is 0.336 e. The summed E-state index contributed by atoms with van der Waals surface area (Å²) in [6.45, 7) is 9.45. The van der Waals surface area contributed by atoms with E-state index < -0.39 is 177 Å². The number of fused-ring (bicyclic) bond motifs is 1. The van der Waals surface area contributed by atoms with Crippen LogP contribution in [0.1, 0.15) is 74.8 Å². The largest absolute Gasteiger partial charge is 0.463 e. The molecule has 1 aromatic carbocycles. The smallest absolute Gasteiger partial charge is 0.336 e. The Hall–Kier alpha value is -7.27. The van der Waals surface area contributed by atoms with Gasteiger partial charge in [0.1, 0.15) is 36.3 Å². The van der Waals surface area contributed by atoms with Crippen molar-refractivity contribution < 1.29 is 128 Å². The highest BCUT2D eigenvalue weighted by Crippen LogP contribution is 2.36. The van der Waals surface area contributed by atoms with Crippen molar-refractivity contribution in [1.82, 2.24) is 0 Å². The van der Waals surface area contributed by atoms with E-state index in [9.17, 15) is 52.7 Å². The molecule has 2 aromatic rings. The van der Waals surface area contributed by atoms with Gasteiger partial charge in [-0.3, -0.25) is 47.9 Å². The molecule has 15 atom stereocenters. The van der Waals surface area contributed by atoms with E-state index in [1.54, 1.807) is 13.0 Å². The van der Waals surface area contributed by atoms with Crippen molar-refractivity contribution in [3.05, 3.63) is 40.2 Å². The van der Waals surface area contributed by atoms with Crippen LogP contribution in [0.2, 0.25) is 0 Å². The summed E-state index contributed by atoms with van der Waals surface area (Å²) in [7, 11) is 0. The highest BCUT2D eigenvalue weighted by Gasteiger charge is 2.58. The molecule has 0 bridgehead atoms. The summed E-state index contributed by atoms with van der Waals surface area (Å²) in [6, 6.07) is 5.64. The van der Waals surface area contributed by atoms with Gasteiger partial charge in [-0.1, -0.05) is 0 Å². The van der Waals surface area contributed by atoms with Gasteiger partial charge in [0.2, 0.25) is 12.4 Å². The van der Waals surface area contributed by atoms with Gasteiger partial charge in [0.15, 0.2) is 61.4 Å². The van der Waals surface area contributed by atoms with Crippen molar-refractivity contribution in [1.29, 1.82) is 0 Å². The fourth-order valence-corrected chi connectivity index (χ4v) is 8.42. The van der Waals surface area contributed by atoms with E-state index in [1.807, 2.05) is 0 Å². The van der Waals surface area contributed by atoms with Crippen molar-refractivity contribution >= 4 is 70.7 Å². The molecule has 28 nitrogen and oxygen atoms in total. The lowest BCUT2D eigenvalue weighted by molar-refractivity contribution is -0.342. The minimum absolute atomic E-state index is 0.0265. The second kappa shape index (κ2) is 26.5. The third-order valence-corrected chi connectivity index (χ3v) is 11.0. The van der Waals surface area contributed by atoms with Crippen molar-refractivity contribution in [3.63, 3.8) is 0 Å². The van der Waals surface area contributed by atoms with Gasteiger partial charge in [0.25, 0.3) is 0 Å². The number of carbonyl (C=O) groups excluding carboxylic acids is 10. The Morgan fingerprint density at radius 1 is 0.408 bits per heavy atom. The quantitative estimate of drug-likeness (QED) is 0.106. The third kappa shape index (κ3) is 16.4. The zero-order valence-electron chi connectivity index (χ0n) is 43.0. The number of hydrogen-bond acceptors (Lipinski definition) is 28. The molecule has 3 fully saturated rings. The lowest BCUT2D eigenvalue weighted by Crippen LogP contribution is -2.66. The molecule has 0 spiro atoms. The maximum atomic E-state index is 12.8. The second-order valence-corrected chi connectivity index (χ2v) is 17.3. The van der Waals surface area contributed by atoms with Crippen LogP contribution in [-0.4, -0.2) is 172 Å². The normalized spacial score (nSPS) is 29.0. The molecule has 1 aromatic heterocycles. The van der Waals surface area contributed by atoms with E-state index in [2.05, 4.69) is 0 Å². The Bertz CT molecular complexity index is 2550. The van der Waals surface area contributed by atoms with E-state index in [4.69, 9.17) is 80.2 Å². The minimum atomic E-state index is -1.92. The summed E-state index contributed by atoms with van der Waals surface area (Å²) in [5, 5.41) is 0.534. The fourth-order valence-electron chi connectivity index (χ4n) is 8.42. The standard InChI is InChI=1S/C48H58O28/c1-19-14-36(59)73-32-15-30(12-13-31(19)32)72-48-45(71-29(11)58)42(68-26(8)55)39(65-23(5)52)35(76-48)18-62-47-44(70-28(10)57)41(67-25(7)54)38(64-22(4)51)34(75-47)17-61-46-43(69-27(9)56)40(66-24(6)53)37(63-21(3)50)33(74-46)16-60-20(2)49/h12-15,33-35,37-48H,16-18H2,1-11H3/t33-,34-,35-,37-,38-,39-,40+,41+,42+,43-,44-,45-,46-,47-,48-/m1/s1. The molecule has 3 aliphatic heterocycles. The Morgan fingerprint density at radius 3 is 1.11 bits per heavy atom. The Morgan fingerprint density at radius 2 is 0.737 bits per heavy atom. The van der Waals surface area contributed by atoms with Crippen LogP contribution in [0.5, 0.6) is 5.75 Å². The topological polar surface area (TPSA) is 349 Å². The van der Waals surface area contributed by atoms with Gasteiger partial charge in [-0.15, -0.1) is 0 Å². The van der Waals surface area contributed by atoms with Crippen LogP contribution in [-0.2, 0) is 119 Å². The summed E-state index contributed by atoms with van der Waals surface area (Å²) in [6.07, 6.45) is -25.7. The lowest BCUT2D eigenvalue weighted by Gasteiger charge is -2.47. The van der Waals surface area contributed by atoms with E-state index in [-0.39, 0.29) is 11.3 Å². The number of hydrogen-bond donors (Lipinski definition) is 0. The van der Waals surface area contributed by atoms with E-state index in [1.165, 1.54) is 18.2 Å². The van der Waals surface area contributed by atoms with Gasteiger partial charge in [0, 0.05) is 86.8 Å². The van der Waals surface area contributed by atoms with Crippen LogP contribution >= 0.6 is 0 Å². The van der Waals surface area contributed by atoms with Gasteiger partial charge >= 0.3 is 65.3 Å². The van der Waals surface area contributed by atoms with Gasteiger partial charge in [0.05, 0.1) is 13.2 Å². The van der Waals surface area contributed by atoms with Crippen molar-refractivity contribution in [2.45, 2.75) is 168 Å². The first-order valence-corrected chi connectivity index (χ1v) is 23.3. The number of rotatable bonds is 19. The highest BCUT2D eigenvalue weighted by molar-refractivity contribution is 5.81. The fraction of sp³-hybridized carbons (Fsp3) is 0.604. The summed E-state index contributed by atoms with van der Waals surface area (Å²) in [5.74, 6) is -9.50. The monoisotopic (exact) mass is 1080 g/mol. The Balaban J connectivity index is 1.57. The van der Waals surface area contributed by atoms with Crippen LogP contribution in [0.3, 0.4) is 0 Å². The van der Waals surface area contributed by atoms with Crippen molar-refractivity contribution in [2.75, 3.05) is 19.8 Å². The van der Waals surface area contributed by atoms with Crippen molar-refractivity contribution in [3.8, 4) is 5.75 Å². The predicted molar refractivity (Wildman–Crippen MR) is 242 cm³/mol. The summed E-state index contributed by atoms with van der Waals surface area (Å²) in [4.78, 5) is 138. The minimum Gasteiger partial charge on any atom is -0.463 e. The molecule has 0 saturated carbocycles. The van der Waals surface area contributed by atoms with Crippen LogP contribution in [0.4, 0.5) is 0 Å². The first kappa shape index (κ1) is 59.6. The van der Waals surface area contributed by atoms with Gasteiger partial charge in [-0.05, 0) is 24.6 Å². The highest BCUT2D eigenvalue weighted by atomic mass is 16.8. The van der Waals surface area contributed by atoms with Crippen LogP contribution in [0.25, 0.3) is 11.0 Å². The molecular weight excluding hydrogens is 1020 g/mol.